The number of amides is 1. The zero-order valence-electron chi connectivity index (χ0n) is 20.1. The van der Waals surface area contributed by atoms with E-state index >= 15 is 0 Å². The number of fused-ring (bicyclic) bond motifs is 3. The third-order valence-electron chi connectivity index (χ3n) is 7.22. The Labute approximate surface area is 206 Å². The van der Waals surface area contributed by atoms with Gasteiger partial charge in [0.15, 0.2) is 0 Å². The highest BCUT2D eigenvalue weighted by molar-refractivity contribution is 5.82. The Morgan fingerprint density at radius 1 is 1.03 bits per heavy atom. The highest BCUT2D eigenvalue weighted by Crippen LogP contribution is 2.38. The Hall–Kier alpha value is -3.38. The van der Waals surface area contributed by atoms with Crippen molar-refractivity contribution in [3.63, 3.8) is 0 Å². The quantitative estimate of drug-likeness (QED) is 0.562. The average Bonchev–Trinajstić information content (AvgIpc) is 2.89. The summed E-state index contributed by atoms with van der Waals surface area (Å²) in [6.45, 7) is 3.87. The van der Waals surface area contributed by atoms with Gasteiger partial charge in [0, 0.05) is 44.5 Å². The second kappa shape index (κ2) is 10.5. The van der Waals surface area contributed by atoms with Crippen LogP contribution in [0, 0.1) is 11.7 Å². The Morgan fingerprint density at radius 2 is 1.83 bits per heavy atom. The fourth-order valence-electron chi connectivity index (χ4n) is 5.36. The molecule has 182 valence electrons. The number of carbonyl (C=O) groups is 1. The predicted molar refractivity (Wildman–Crippen MR) is 136 cm³/mol. The fraction of sp³-hybridized carbons (Fsp3) is 0.345. The van der Waals surface area contributed by atoms with Gasteiger partial charge in [-0.05, 0) is 47.7 Å². The summed E-state index contributed by atoms with van der Waals surface area (Å²) in [6.07, 6.45) is 1.53. The second-order valence-corrected chi connectivity index (χ2v) is 9.45. The summed E-state index contributed by atoms with van der Waals surface area (Å²) in [5.41, 5.74) is 4.67. The number of halogens is 1. The topological polar surface area (TPSA) is 44.8 Å². The van der Waals surface area contributed by atoms with E-state index < -0.39 is 0 Å². The van der Waals surface area contributed by atoms with Gasteiger partial charge < -0.3 is 15.0 Å². The molecule has 1 fully saturated rings. The molecule has 35 heavy (non-hydrogen) atoms. The second-order valence-electron chi connectivity index (χ2n) is 9.45. The lowest BCUT2D eigenvalue weighted by molar-refractivity contribution is -0.126. The van der Waals surface area contributed by atoms with Gasteiger partial charge in [-0.2, -0.15) is 0 Å². The van der Waals surface area contributed by atoms with Crippen LogP contribution >= 0.6 is 0 Å². The number of piperazine rings is 1. The van der Waals surface area contributed by atoms with Crippen LogP contribution in [0.5, 0.6) is 5.75 Å². The smallest absolute Gasteiger partial charge is 0.225 e. The Kier molecular flexibility index (Phi) is 7.00. The molecule has 2 aliphatic rings. The zero-order chi connectivity index (χ0) is 24.2. The average molecular weight is 474 g/mol. The van der Waals surface area contributed by atoms with E-state index in [2.05, 4.69) is 39.4 Å². The van der Waals surface area contributed by atoms with Crippen LogP contribution < -0.4 is 15.0 Å². The molecule has 0 bridgehead atoms. The lowest BCUT2D eigenvalue weighted by Gasteiger charge is -2.49. The summed E-state index contributed by atoms with van der Waals surface area (Å²) < 4.78 is 18.9. The SMILES string of the molecule is COc1ccc2c(c1)N1CCN(Cc3ccc(F)cc3)C[C@H]1[C@H](C(=O)NCCc1ccccc1)C2. The van der Waals surface area contributed by atoms with Crippen LogP contribution in [0.3, 0.4) is 0 Å². The summed E-state index contributed by atoms with van der Waals surface area (Å²) in [6, 6.07) is 23.2. The number of nitrogens with one attached hydrogen (secondary N) is 1. The number of rotatable bonds is 7. The molecule has 2 heterocycles. The highest BCUT2D eigenvalue weighted by Gasteiger charge is 2.41. The largest absolute Gasteiger partial charge is 0.497 e. The molecule has 0 aromatic heterocycles. The predicted octanol–water partition coefficient (Wildman–Crippen LogP) is 4.06. The van der Waals surface area contributed by atoms with Gasteiger partial charge in [0.05, 0.1) is 19.1 Å². The third kappa shape index (κ3) is 5.33. The molecule has 1 saturated heterocycles. The first kappa shape index (κ1) is 23.4. The molecule has 5 rings (SSSR count). The molecule has 1 amide bonds. The normalized spacial score (nSPS) is 19.5. The Bertz CT molecular complexity index is 1150. The van der Waals surface area contributed by atoms with Crippen LogP contribution in [0.1, 0.15) is 16.7 Å². The highest BCUT2D eigenvalue weighted by atomic mass is 19.1. The molecule has 3 aromatic rings. The molecule has 2 aliphatic heterocycles. The van der Waals surface area contributed by atoms with Crippen molar-refractivity contribution in [2.45, 2.75) is 25.4 Å². The number of hydrogen-bond donors (Lipinski definition) is 1. The van der Waals surface area contributed by atoms with Crippen molar-refractivity contribution in [2.24, 2.45) is 5.92 Å². The van der Waals surface area contributed by atoms with Crippen LogP contribution in [-0.4, -0.2) is 50.1 Å². The molecule has 0 spiro atoms. The molecule has 3 aromatic carbocycles. The zero-order valence-corrected chi connectivity index (χ0v) is 20.1. The number of methoxy groups -OCH3 is 1. The van der Waals surface area contributed by atoms with E-state index in [-0.39, 0.29) is 23.7 Å². The van der Waals surface area contributed by atoms with E-state index in [4.69, 9.17) is 4.74 Å². The maximum atomic E-state index is 13.5. The Morgan fingerprint density at radius 3 is 2.60 bits per heavy atom. The first-order valence-electron chi connectivity index (χ1n) is 12.3. The van der Waals surface area contributed by atoms with Crippen molar-refractivity contribution in [2.75, 3.05) is 38.2 Å². The number of anilines is 1. The van der Waals surface area contributed by atoms with E-state index in [1.807, 2.05) is 36.4 Å². The van der Waals surface area contributed by atoms with Gasteiger partial charge in [0.2, 0.25) is 5.91 Å². The molecule has 0 saturated carbocycles. The number of hydrogen-bond acceptors (Lipinski definition) is 4. The lowest BCUT2D eigenvalue weighted by atomic mass is 9.83. The number of benzene rings is 3. The summed E-state index contributed by atoms with van der Waals surface area (Å²) in [4.78, 5) is 18.2. The van der Waals surface area contributed by atoms with E-state index in [0.717, 1.165) is 43.9 Å². The van der Waals surface area contributed by atoms with E-state index in [1.165, 1.54) is 28.9 Å². The van der Waals surface area contributed by atoms with Crippen molar-refractivity contribution >= 4 is 11.6 Å². The molecule has 5 nitrogen and oxygen atoms in total. The number of ether oxygens (including phenoxy) is 1. The molecule has 2 atom stereocenters. The van der Waals surface area contributed by atoms with E-state index in [1.54, 1.807) is 7.11 Å². The molecule has 0 aliphatic carbocycles. The summed E-state index contributed by atoms with van der Waals surface area (Å²) in [5, 5.41) is 3.21. The van der Waals surface area contributed by atoms with Gasteiger partial charge in [-0.15, -0.1) is 0 Å². The van der Waals surface area contributed by atoms with Gasteiger partial charge in [-0.1, -0.05) is 48.5 Å². The monoisotopic (exact) mass is 473 g/mol. The first-order chi connectivity index (χ1) is 17.1. The van der Waals surface area contributed by atoms with Gasteiger partial charge in [0.1, 0.15) is 11.6 Å². The van der Waals surface area contributed by atoms with Crippen molar-refractivity contribution in [1.82, 2.24) is 10.2 Å². The summed E-state index contributed by atoms with van der Waals surface area (Å²) in [7, 11) is 1.69. The van der Waals surface area contributed by atoms with Gasteiger partial charge in [0.25, 0.3) is 0 Å². The van der Waals surface area contributed by atoms with Crippen LogP contribution in [0.25, 0.3) is 0 Å². The molecule has 0 unspecified atom stereocenters. The van der Waals surface area contributed by atoms with Crippen LogP contribution in [0.2, 0.25) is 0 Å². The van der Waals surface area contributed by atoms with Crippen LogP contribution in [0.4, 0.5) is 10.1 Å². The first-order valence-corrected chi connectivity index (χ1v) is 12.3. The minimum Gasteiger partial charge on any atom is -0.497 e. The van der Waals surface area contributed by atoms with Crippen LogP contribution in [-0.2, 0) is 24.2 Å². The fourth-order valence-corrected chi connectivity index (χ4v) is 5.36. The standard InChI is InChI=1S/C29H32FN3O2/c1-35-25-12-9-23-17-26(29(34)31-14-13-21-5-3-2-4-6-21)28-20-32(15-16-33(28)27(23)18-25)19-22-7-10-24(30)11-8-22/h2-12,18,26,28H,13-17,19-20H2,1H3,(H,31,34)/t26-,28+/m1/s1. The van der Waals surface area contributed by atoms with Crippen molar-refractivity contribution in [3.8, 4) is 5.75 Å². The summed E-state index contributed by atoms with van der Waals surface area (Å²) in [5.74, 6) is 0.592. The molecular formula is C29H32FN3O2. The lowest BCUT2D eigenvalue weighted by Crippen LogP contribution is -2.61. The molecule has 0 radical (unpaired) electrons. The van der Waals surface area contributed by atoms with Crippen molar-refractivity contribution in [3.05, 3.63) is 95.3 Å². The van der Waals surface area contributed by atoms with Crippen molar-refractivity contribution < 1.29 is 13.9 Å². The van der Waals surface area contributed by atoms with Crippen LogP contribution in [0.15, 0.2) is 72.8 Å². The third-order valence-corrected chi connectivity index (χ3v) is 7.22. The van der Waals surface area contributed by atoms with Gasteiger partial charge in [-0.3, -0.25) is 9.69 Å². The minimum atomic E-state index is -0.219. The molecule has 6 heteroatoms. The molecular weight excluding hydrogens is 441 g/mol. The maximum absolute atomic E-state index is 13.5. The van der Waals surface area contributed by atoms with Gasteiger partial charge in [-0.25, -0.2) is 4.39 Å². The Balaban J connectivity index is 1.33. The van der Waals surface area contributed by atoms with E-state index in [0.29, 0.717) is 13.0 Å². The minimum absolute atomic E-state index is 0.0699. The maximum Gasteiger partial charge on any atom is 0.225 e. The van der Waals surface area contributed by atoms with Gasteiger partial charge >= 0.3 is 0 Å². The van der Waals surface area contributed by atoms with Crippen molar-refractivity contribution in [1.29, 1.82) is 0 Å². The summed E-state index contributed by atoms with van der Waals surface area (Å²) >= 11 is 0. The van der Waals surface area contributed by atoms with E-state index in [9.17, 15) is 9.18 Å². The number of carbonyl (C=O) groups excluding carboxylic acids is 1. The molecule has 1 N–H and O–H groups in total. The number of nitrogens with zero attached hydrogens (tertiary/aromatic N) is 2.